The van der Waals surface area contributed by atoms with Crippen molar-refractivity contribution in [1.82, 2.24) is 9.80 Å². The van der Waals surface area contributed by atoms with Gasteiger partial charge in [0.15, 0.2) is 0 Å². The maximum atomic E-state index is 12.7. The molecule has 6 heteroatoms. The summed E-state index contributed by atoms with van der Waals surface area (Å²) >= 11 is 7.80. The summed E-state index contributed by atoms with van der Waals surface area (Å²) in [6, 6.07) is 5.54. The molecular formula is C18H25ClN2O2S. The fourth-order valence-corrected chi connectivity index (χ4v) is 3.73. The van der Waals surface area contributed by atoms with E-state index in [2.05, 4.69) is 0 Å². The molecule has 1 aromatic rings. The third-order valence-electron chi connectivity index (χ3n) is 4.61. The molecule has 1 aromatic carbocycles. The van der Waals surface area contributed by atoms with Gasteiger partial charge in [0.05, 0.1) is 10.6 Å². The average Bonchev–Trinajstić information content (AvgIpc) is 2.62. The summed E-state index contributed by atoms with van der Waals surface area (Å²) in [6.45, 7) is 6.70. The molecule has 0 N–H and O–H groups in total. The zero-order chi connectivity index (χ0) is 17.7. The van der Waals surface area contributed by atoms with Gasteiger partial charge in [-0.3, -0.25) is 9.59 Å². The monoisotopic (exact) mass is 368 g/mol. The molecule has 0 bridgehead atoms. The molecule has 1 aliphatic rings. The van der Waals surface area contributed by atoms with Crippen LogP contribution in [-0.4, -0.2) is 54.0 Å². The van der Waals surface area contributed by atoms with Gasteiger partial charge in [0.25, 0.3) is 5.91 Å². The molecular weight excluding hydrogens is 344 g/mol. The largest absolute Gasteiger partial charge is 0.343 e. The van der Waals surface area contributed by atoms with E-state index >= 15 is 0 Å². The number of carbonyl (C=O) groups is 2. The first-order valence-corrected chi connectivity index (χ1v) is 10.0. The number of likely N-dealkylation sites (tertiary alicyclic amines) is 1. The lowest BCUT2D eigenvalue weighted by molar-refractivity contribution is -0.136. The highest BCUT2D eigenvalue weighted by atomic mass is 35.5. The lowest BCUT2D eigenvalue weighted by Gasteiger charge is -2.34. The topological polar surface area (TPSA) is 40.6 Å². The molecule has 2 amide bonds. The van der Waals surface area contributed by atoms with Crippen molar-refractivity contribution < 1.29 is 9.59 Å². The Morgan fingerprint density at radius 3 is 2.42 bits per heavy atom. The third kappa shape index (κ3) is 4.25. The second kappa shape index (κ2) is 8.77. The molecule has 0 aromatic heterocycles. The maximum Gasteiger partial charge on any atom is 0.255 e. The second-order valence-corrected chi connectivity index (χ2v) is 7.21. The standard InChI is InChI=1S/C18H25ClN2O2S/c1-4-20(5-2)17(22)13-8-10-21(11-9-13)18(23)15-12-14(24-3)6-7-16(15)19/h6-7,12-13H,4-5,8-11H2,1-3H3. The number of benzene rings is 1. The number of nitrogens with zero attached hydrogens (tertiary/aromatic N) is 2. The van der Waals surface area contributed by atoms with Crippen molar-refractivity contribution >= 4 is 35.2 Å². The van der Waals surface area contributed by atoms with Crippen LogP contribution in [0.15, 0.2) is 23.1 Å². The minimum absolute atomic E-state index is 0.0296. The molecule has 0 aliphatic carbocycles. The minimum atomic E-state index is -0.0374. The third-order valence-corrected chi connectivity index (χ3v) is 5.67. The lowest BCUT2D eigenvalue weighted by Crippen LogP contribution is -2.44. The number of hydrogen-bond donors (Lipinski definition) is 0. The van der Waals surface area contributed by atoms with Gasteiger partial charge in [-0.1, -0.05) is 11.6 Å². The number of carbonyl (C=O) groups excluding carboxylic acids is 2. The van der Waals surface area contributed by atoms with Gasteiger partial charge in [0.1, 0.15) is 0 Å². The first-order valence-electron chi connectivity index (χ1n) is 8.43. The van der Waals surface area contributed by atoms with Crippen molar-refractivity contribution in [3.05, 3.63) is 28.8 Å². The Bertz CT molecular complexity index is 597. The fourth-order valence-electron chi connectivity index (χ4n) is 3.09. The van der Waals surface area contributed by atoms with E-state index in [0.29, 0.717) is 23.7 Å². The SMILES string of the molecule is CCN(CC)C(=O)C1CCN(C(=O)c2cc(SC)ccc2Cl)CC1. The zero-order valence-electron chi connectivity index (χ0n) is 14.5. The maximum absolute atomic E-state index is 12.7. The van der Waals surface area contributed by atoms with Crippen molar-refractivity contribution in [2.45, 2.75) is 31.6 Å². The Hall–Kier alpha value is -1.20. The van der Waals surface area contributed by atoms with Crippen LogP contribution in [-0.2, 0) is 4.79 Å². The van der Waals surface area contributed by atoms with E-state index in [1.54, 1.807) is 17.8 Å². The molecule has 2 rings (SSSR count). The summed E-state index contributed by atoms with van der Waals surface area (Å²) < 4.78 is 0. The molecule has 0 radical (unpaired) electrons. The molecule has 1 saturated heterocycles. The molecule has 1 fully saturated rings. The summed E-state index contributed by atoms with van der Waals surface area (Å²) in [6.07, 6.45) is 3.42. The number of halogens is 1. The van der Waals surface area contributed by atoms with Crippen LogP contribution in [0, 0.1) is 5.92 Å². The van der Waals surface area contributed by atoms with Gasteiger partial charge < -0.3 is 9.80 Å². The zero-order valence-corrected chi connectivity index (χ0v) is 16.1. The van der Waals surface area contributed by atoms with Gasteiger partial charge in [-0.05, 0) is 51.1 Å². The summed E-state index contributed by atoms with van der Waals surface area (Å²) in [4.78, 5) is 29.9. The van der Waals surface area contributed by atoms with E-state index in [1.165, 1.54) is 0 Å². The first-order chi connectivity index (χ1) is 11.5. The quantitative estimate of drug-likeness (QED) is 0.742. The summed E-state index contributed by atoms with van der Waals surface area (Å²) in [5.41, 5.74) is 0.553. The summed E-state index contributed by atoms with van der Waals surface area (Å²) in [5.74, 6) is 0.209. The van der Waals surface area contributed by atoms with Crippen molar-refractivity contribution in [3.8, 4) is 0 Å². The Kier molecular flexibility index (Phi) is 6.99. The predicted octanol–water partition coefficient (Wildman–Crippen LogP) is 3.78. The number of amides is 2. The van der Waals surface area contributed by atoms with Crippen LogP contribution in [0.1, 0.15) is 37.0 Å². The fraction of sp³-hybridized carbons (Fsp3) is 0.556. The van der Waals surface area contributed by atoms with Crippen LogP contribution in [0.25, 0.3) is 0 Å². The van der Waals surface area contributed by atoms with Crippen LogP contribution in [0.3, 0.4) is 0 Å². The number of piperidine rings is 1. The highest BCUT2D eigenvalue weighted by Crippen LogP contribution is 2.26. The highest BCUT2D eigenvalue weighted by molar-refractivity contribution is 7.98. The van der Waals surface area contributed by atoms with Crippen molar-refractivity contribution in [1.29, 1.82) is 0 Å². The van der Waals surface area contributed by atoms with Crippen molar-refractivity contribution in [2.24, 2.45) is 5.92 Å². The molecule has 0 saturated carbocycles. The van der Waals surface area contributed by atoms with Crippen LogP contribution in [0.4, 0.5) is 0 Å². The van der Waals surface area contributed by atoms with Gasteiger partial charge in [-0.2, -0.15) is 0 Å². The van der Waals surface area contributed by atoms with Crippen molar-refractivity contribution in [2.75, 3.05) is 32.4 Å². The van der Waals surface area contributed by atoms with E-state index in [1.807, 2.05) is 42.0 Å². The molecule has 1 heterocycles. The van der Waals surface area contributed by atoms with Crippen LogP contribution >= 0.6 is 23.4 Å². The molecule has 132 valence electrons. The Morgan fingerprint density at radius 2 is 1.88 bits per heavy atom. The predicted molar refractivity (Wildman–Crippen MR) is 99.8 cm³/mol. The average molecular weight is 369 g/mol. The van der Waals surface area contributed by atoms with E-state index in [0.717, 1.165) is 30.8 Å². The Labute approximate surface area is 153 Å². The summed E-state index contributed by atoms with van der Waals surface area (Å²) in [5, 5.41) is 0.485. The van der Waals surface area contributed by atoms with Crippen LogP contribution in [0.2, 0.25) is 5.02 Å². The van der Waals surface area contributed by atoms with Gasteiger partial charge in [-0.15, -0.1) is 11.8 Å². The summed E-state index contributed by atoms with van der Waals surface area (Å²) in [7, 11) is 0. The Balaban J connectivity index is 2.02. The minimum Gasteiger partial charge on any atom is -0.343 e. The second-order valence-electron chi connectivity index (χ2n) is 5.92. The molecule has 0 spiro atoms. The first kappa shape index (κ1) is 19.1. The van der Waals surface area contributed by atoms with Crippen LogP contribution in [0.5, 0.6) is 0 Å². The molecule has 1 aliphatic heterocycles. The molecule has 4 nitrogen and oxygen atoms in total. The van der Waals surface area contributed by atoms with E-state index < -0.39 is 0 Å². The number of hydrogen-bond acceptors (Lipinski definition) is 3. The van der Waals surface area contributed by atoms with Crippen LogP contribution < -0.4 is 0 Å². The van der Waals surface area contributed by atoms with Gasteiger partial charge in [0, 0.05) is 37.0 Å². The van der Waals surface area contributed by atoms with Gasteiger partial charge in [0.2, 0.25) is 5.91 Å². The van der Waals surface area contributed by atoms with E-state index in [4.69, 9.17) is 11.6 Å². The lowest BCUT2D eigenvalue weighted by atomic mass is 9.94. The molecule has 24 heavy (non-hydrogen) atoms. The smallest absolute Gasteiger partial charge is 0.255 e. The molecule has 0 unspecified atom stereocenters. The van der Waals surface area contributed by atoms with Gasteiger partial charge >= 0.3 is 0 Å². The number of thioether (sulfide) groups is 1. The van der Waals surface area contributed by atoms with Gasteiger partial charge in [-0.25, -0.2) is 0 Å². The molecule has 0 atom stereocenters. The normalized spacial score (nSPS) is 15.4. The number of rotatable bonds is 5. The highest BCUT2D eigenvalue weighted by Gasteiger charge is 2.30. The van der Waals surface area contributed by atoms with E-state index in [9.17, 15) is 9.59 Å². The van der Waals surface area contributed by atoms with Crippen molar-refractivity contribution in [3.63, 3.8) is 0 Å². The Morgan fingerprint density at radius 1 is 1.25 bits per heavy atom. The van der Waals surface area contributed by atoms with E-state index in [-0.39, 0.29) is 17.7 Å².